The lowest BCUT2D eigenvalue weighted by Crippen LogP contribution is -2.02. The molecular formula is C10H7F2NO2. The van der Waals surface area contributed by atoms with Crippen molar-refractivity contribution in [1.29, 1.82) is 0 Å². The van der Waals surface area contributed by atoms with Gasteiger partial charge in [-0.15, -0.1) is 0 Å². The van der Waals surface area contributed by atoms with Gasteiger partial charge in [-0.3, -0.25) is 4.98 Å². The zero-order valence-corrected chi connectivity index (χ0v) is 7.52. The number of fused-ring (bicyclic) bond motifs is 1. The van der Waals surface area contributed by atoms with Gasteiger partial charge in [0.25, 0.3) is 0 Å². The predicted octanol–water partition coefficient (Wildman–Crippen LogP) is 2.54. The molecule has 2 aromatic rings. The molecular weight excluding hydrogens is 204 g/mol. The summed E-state index contributed by atoms with van der Waals surface area (Å²) in [6.45, 7) is -2.89. The fraction of sp³-hybridized carbons (Fsp3) is 0.100. The molecule has 0 aliphatic carbocycles. The monoisotopic (exact) mass is 211 g/mol. The first kappa shape index (κ1) is 9.64. The molecule has 3 nitrogen and oxygen atoms in total. The van der Waals surface area contributed by atoms with Crippen molar-refractivity contribution in [1.82, 2.24) is 4.98 Å². The smallest absolute Gasteiger partial charge is 0.387 e. The van der Waals surface area contributed by atoms with Crippen LogP contribution in [-0.2, 0) is 0 Å². The fourth-order valence-electron chi connectivity index (χ4n) is 1.31. The van der Waals surface area contributed by atoms with Crippen LogP contribution in [0.3, 0.4) is 0 Å². The summed E-state index contributed by atoms with van der Waals surface area (Å²) in [5, 5.41) is 9.58. The van der Waals surface area contributed by atoms with Crippen LogP contribution in [0.1, 0.15) is 0 Å². The van der Waals surface area contributed by atoms with Crippen LogP contribution in [0.5, 0.6) is 11.5 Å². The van der Waals surface area contributed by atoms with Gasteiger partial charge in [-0.1, -0.05) is 0 Å². The van der Waals surface area contributed by atoms with E-state index in [2.05, 4.69) is 9.72 Å². The number of phenols is 1. The van der Waals surface area contributed by atoms with Gasteiger partial charge in [-0.05, 0) is 24.3 Å². The van der Waals surface area contributed by atoms with Crippen LogP contribution in [0, 0.1) is 0 Å². The summed E-state index contributed by atoms with van der Waals surface area (Å²) in [5.74, 6) is -0.0134. The van der Waals surface area contributed by atoms with Crippen molar-refractivity contribution in [2.75, 3.05) is 0 Å². The number of hydrogen-bond donors (Lipinski definition) is 1. The number of benzene rings is 1. The minimum Gasteiger partial charge on any atom is -0.508 e. The first-order valence-corrected chi connectivity index (χ1v) is 4.19. The van der Waals surface area contributed by atoms with E-state index in [9.17, 15) is 13.9 Å². The van der Waals surface area contributed by atoms with E-state index in [0.29, 0.717) is 10.9 Å². The Kier molecular flexibility index (Phi) is 2.37. The van der Waals surface area contributed by atoms with E-state index in [1.807, 2.05) is 0 Å². The third kappa shape index (κ3) is 1.96. The molecule has 0 spiro atoms. The van der Waals surface area contributed by atoms with Crippen molar-refractivity contribution >= 4 is 10.9 Å². The summed E-state index contributed by atoms with van der Waals surface area (Å²) in [6, 6.07) is 5.62. The summed E-state index contributed by atoms with van der Waals surface area (Å²) in [7, 11) is 0. The Labute approximate surface area is 83.9 Å². The SMILES string of the molecule is Oc1ccc2nccc(OC(F)F)c2c1. The summed E-state index contributed by atoms with van der Waals surface area (Å²) in [5.41, 5.74) is 0.492. The summed E-state index contributed by atoms with van der Waals surface area (Å²) in [6.07, 6.45) is 1.37. The van der Waals surface area contributed by atoms with Crippen LogP contribution < -0.4 is 4.74 Å². The van der Waals surface area contributed by atoms with Crippen molar-refractivity contribution in [2.24, 2.45) is 0 Å². The number of ether oxygens (including phenoxy) is 1. The van der Waals surface area contributed by atoms with Crippen LogP contribution >= 0.6 is 0 Å². The van der Waals surface area contributed by atoms with Crippen molar-refractivity contribution < 1.29 is 18.6 Å². The molecule has 1 aromatic carbocycles. The van der Waals surface area contributed by atoms with Crippen LogP contribution in [0.4, 0.5) is 8.78 Å². The number of phenolic OH excluding ortho intramolecular Hbond substituents is 1. The minimum absolute atomic E-state index is 0.00546. The number of alkyl halides is 2. The standard InChI is InChI=1S/C10H7F2NO2/c11-10(12)15-9-3-4-13-8-2-1-6(14)5-7(8)9/h1-5,10,14H. The summed E-state index contributed by atoms with van der Waals surface area (Å²) < 4.78 is 28.4. The van der Waals surface area contributed by atoms with Gasteiger partial charge < -0.3 is 9.84 Å². The number of aromatic nitrogens is 1. The Hall–Kier alpha value is -1.91. The molecule has 0 saturated carbocycles. The predicted molar refractivity (Wildman–Crippen MR) is 50.0 cm³/mol. The normalized spacial score (nSPS) is 10.9. The van der Waals surface area contributed by atoms with Crippen molar-refractivity contribution in [3.63, 3.8) is 0 Å². The third-order valence-electron chi connectivity index (χ3n) is 1.90. The van der Waals surface area contributed by atoms with Gasteiger partial charge in [-0.25, -0.2) is 0 Å². The maximum absolute atomic E-state index is 12.0. The van der Waals surface area contributed by atoms with E-state index in [1.165, 1.54) is 30.5 Å². The highest BCUT2D eigenvalue weighted by Gasteiger charge is 2.08. The molecule has 78 valence electrons. The molecule has 0 atom stereocenters. The van der Waals surface area contributed by atoms with Crippen LogP contribution in [-0.4, -0.2) is 16.7 Å². The Bertz CT molecular complexity index is 488. The zero-order chi connectivity index (χ0) is 10.8. The van der Waals surface area contributed by atoms with E-state index in [4.69, 9.17) is 0 Å². The molecule has 0 saturated heterocycles. The van der Waals surface area contributed by atoms with E-state index in [1.54, 1.807) is 0 Å². The average Bonchev–Trinajstić information content (AvgIpc) is 2.18. The molecule has 5 heteroatoms. The lowest BCUT2D eigenvalue weighted by molar-refractivity contribution is -0.0488. The maximum atomic E-state index is 12.0. The second-order valence-corrected chi connectivity index (χ2v) is 2.89. The first-order valence-electron chi connectivity index (χ1n) is 4.19. The third-order valence-corrected chi connectivity index (χ3v) is 1.90. The molecule has 1 N–H and O–H groups in total. The molecule has 2 rings (SSSR count). The largest absolute Gasteiger partial charge is 0.508 e. The topological polar surface area (TPSA) is 42.4 Å². The van der Waals surface area contributed by atoms with E-state index in [0.717, 1.165) is 0 Å². The molecule has 1 heterocycles. The minimum atomic E-state index is -2.89. The van der Waals surface area contributed by atoms with Crippen LogP contribution in [0.2, 0.25) is 0 Å². The van der Waals surface area contributed by atoms with Gasteiger partial charge in [0.15, 0.2) is 0 Å². The molecule has 1 aromatic heterocycles. The number of aromatic hydroxyl groups is 1. The lowest BCUT2D eigenvalue weighted by Gasteiger charge is -2.07. The van der Waals surface area contributed by atoms with Crippen LogP contribution in [0.25, 0.3) is 10.9 Å². The Morgan fingerprint density at radius 1 is 1.27 bits per heavy atom. The molecule has 0 unspecified atom stereocenters. The lowest BCUT2D eigenvalue weighted by atomic mass is 10.2. The van der Waals surface area contributed by atoms with E-state index >= 15 is 0 Å². The number of hydrogen-bond acceptors (Lipinski definition) is 3. The Morgan fingerprint density at radius 3 is 2.80 bits per heavy atom. The van der Waals surface area contributed by atoms with Crippen molar-refractivity contribution in [2.45, 2.75) is 6.61 Å². The molecule has 0 radical (unpaired) electrons. The highest BCUT2D eigenvalue weighted by Crippen LogP contribution is 2.28. The van der Waals surface area contributed by atoms with Gasteiger partial charge in [0.05, 0.1) is 5.52 Å². The van der Waals surface area contributed by atoms with Gasteiger partial charge in [0.1, 0.15) is 11.5 Å². The molecule has 0 aliphatic heterocycles. The zero-order valence-electron chi connectivity index (χ0n) is 7.52. The molecule has 0 bridgehead atoms. The van der Waals surface area contributed by atoms with Crippen molar-refractivity contribution in [3.05, 3.63) is 30.5 Å². The number of nitrogens with zero attached hydrogens (tertiary/aromatic N) is 1. The number of halogens is 2. The summed E-state index contributed by atoms with van der Waals surface area (Å²) in [4.78, 5) is 3.95. The fourth-order valence-corrected chi connectivity index (χ4v) is 1.31. The highest BCUT2D eigenvalue weighted by molar-refractivity contribution is 5.86. The van der Waals surface area contributed by atoms with Crippen LogP contribution in [0.15, 0.2) is 30.5 Å². The average molecular weight is 211 g/mol. The molecule has 0 aliphatic rings. The molecule has 0 amide bonds. The summed E-state index contributed by atoms with van der Waals surface area (Å²) >= 11 is 0. The second kappa shape index (κ2) is 3.68. The number of rotatable bonds is 2. The molecule has 0 fully saturated rings. The highest BCUT2D eigenvalue weighted by atomic mass is 19.3. The Morgan fingerprint density at radius 2 is 2.07 bits per heavy atom. The second-order valence-electron chi connectivity index (χ2n) is 2.89. The van der Waals surface area contributed by atoms with Gasteiger partial charge in [-0.2, -0.15) is 8.78 Å². The number of pyridine rings is 1. The first-order chi connectivity index (χ1) is 7.16. The van der Waals surface area contributed by atoms with E-state index < -0.39 is 6.61 Å². The van der Waals surface area contributed by atoms with Gasteiger partial charge in [0.2, 0.25) is 0 Å². The van der Waals surface area contributed by atoms with E-state index in [-0.39, 0.29) is 11.5 Å². The van der Waals surface area contributed by atoms with Gasteiger partial charge >= 0.3 is 6.61 Å². The Balaban J connectivity index is 2.58. The maximum Gasteiger partial charge on any atom is 0.387 e. The van der Waals surface area contributed by atoms with Crippen molar-refractivity contribution in [3.8, 4) is 11.5 Å². The quantitative estimate of drug-likeness (QED) is 0.829. The molecule has 15 heavy (non-hydrogen) atoms. The van der Waals surface area contributed by atoms with Gasteiger partial charge in [0, 0.05) is 11.6 Å².